The third-order valence-electron chi connectivity index (χ3n) is 5.02. The van der Waals surface area contributed by atoms with E-state index < -0.39 is 12.1 Å². The predicted molar refractivity (Wildman–Crippen MR) is 101 cm³/mol. The number of carbonyl (C=O) groups is 2. The van der Waals surface area contributed by atoms with Gasteiger partial charge in [0.1, 0.15) is 0 Å². The summed E-state index contributed by atoms with van der Waals surface area (Å²) in [6.45, 7) is 4.36. The van der Waals surface area contributed by atoms with Crippen molar-refractivity contribution in [1.29, 1.82) is 0 Å². The first-order chi connectivity index (χ1) is 14.1. The number of fused-ring (bicyclic) bond motifs is 1. The Hall–Kier alpha value is -2.34. The highest BCUT2D eigenvalue weighted by Gasteiger charge is 2.38. The van der Waals surface area contributed by atoms with Gasteiger partial charge in [0.25, 0.3) is 0 Å². The molecule has 30 heavy (non-hydrogen) atoms. The molecular formula is C18H28F3N5O4. The minimum absolute atomic E-state index is 0.0391. The molecule has 1 atom stereocenters. The van der Waals surface area contributed by atoms with E-state index in [0.717, 1.165) is 45.6 Å². The van der Waals surface area contributed by atoms with Crippen LogP contribution in [0.1, 0.15) is 31.0 Å². The van der Waals surface area contributed by atoms with Crippen LogP contribution in [0.5, 0.6) is 0 Å². The summed E-state index contributed by atoms with van der Waals surface area (Å²) in [7, 11) is 3.52. The van der Waals surface area contributed by atoms with Crippen molar-refractivity contribution >= 4 is 12.0 Å². The lowest BCUT2D eigenvalue weighted by Gasteiger charge is -2.40. The number of aliphatic carboxylic acids is 1. The SMILES string of the molecule is CN(C)C(=O)NCCC1CN(C2CCOCC2)Cc2ccnn21.O=C(O)C(F)(F)F. The Kier molecular flexibility index (Phi) is 8.47. The van der Waals surface area contributed by atoms with Gasteiger partial charge in [-0.3, -0.25) is 9.58 Å². The van der Waals surface area contributed by atoms with Crippen molar-refractivity contribution in [1.82, 2.24) is 24.9 Å². The molecule has 1 unspecified atom stereocenters. The first-order valence-corrected chi connectivity index (χ1v) is 9.69. The molecule has 170 valence electrons. The maximum atomic E-state index is 11.7. The molecule has 1 fully saturated rings. The van der Waals surface area contributed by atoms with Gasteiger partial charge in [-0.05, 0) is 25.3 Å². The van der Waals surface area contributed by atoms with E-state index >= 15 is 0 Å². The second kappa shape index (κ2) is 10.6. The van der Waals surface area contributed by atoms with Gasteiger partial charge >= 0.3 is 18.2 Å². The summed E-state index contributed by atoms with van der Waals surface area (Å²) in [5.74, 6) is -2.76. The van der Waals surface area contributed by atoms with Crippen LogP contribution in [-0.2, 0) is 16.1 Å². The van der Waals surface area contributed by atoms with Gasteiger partial charge in [-0.25, -0.2) is 9.59 Å². The highest BCUT2D eigenvalue weighted by atomic mass is 19.4. The number of aromatic nitrogens is 2. The third-order valence-corrected chi connectivity index (χ3v) is 5.02. The molecule has 0 spiro atoms. The van der Waals surface area contributed by atoms with Crippen LogP contribution in [0.4, 0.5) is 18.0 Å². The number of alkyl halides is 3. The largest absolute Gasteiger partial charge is 0.490 e. The van der Waals surface area contributed by atoms with Crippen LogP contribution in [0.25, 0.3) is 0 Å². The van der Waals surface area contributed by atoms with Crippen LogP contribution in [-0.4, -0.2) is 89.3 Å². The summed E-state index contributed by atoms with van der Waals surface area (Å²) in [5.41, 5.74) is 1.27. The molecule has 1 aromatic rings. The lowest BCUT2D eigenvalue weighted by Crippen LogP contribution is -2.46. The van der Waals surface area contributed by atoms with Gasteiger partial charge in [-0.1, -0.05) is 0 Å². The van der Waals surface area contributed by atoms with Crippen LogP contribution in [0.3, 0.4) is 0 Å². The summed E-state index contributed by atoms with van der Waals surface area (Å²) in [4.78, 5) is 24.7. The van der Waals surface area contributed by atoms with Gasteiger partial charge in [0.2, 0.25) is 0 Å². The van der Waals surface area contributed by atoms with Crippen LogP contribution in [0, 0.1) is 0 Å². The summed E-state index contributed by atoms with van der Waals surface area (Å²) < 4.78 is 39.4. The minimum Gasteiger partial charge on any atom is -0.475 e. The Bertz CT molecular complexity index is 704. The smallest absolute Gasteiger partial charge is 0.475 e. The van der Waals surface area contributed by atoms with Gasteiger partial charge in [-0.15, -0.1) is 0 Å². The molecular weight excluding hydrogens is 407 g/mol. The van der Waals surface area contributed by atoms with Crippen LogP contribution < -0.4 is 5.32 Å². The highest BCUT2D eigenvalue weighted by Crippen LogP contribution is 2.27. The summed E-state index contributed by atoms with van der Waals surface area (Å²) >= 11 is 0. The van der Waals surface area contributed by atoms with E-state index in [2.05, 4.69) is 26.1 Å². The zero-order valence-electron chi connectivity index (χ0n) is 17.1. The van der Waals surface area contributed by atoms with Crippen LogP contribution >= 0.6 is 0 Å². The van der Waals surface area contributed by atoms with E-state index in [1.165, 1.54) is 5.69 Å². The lowest BCUT2D eigenvalue weighted by atomic mass is 10.0. The molecule has 12 heteroatoms. The number of carboxylic acids is 1. The van der Waals surface area contributed by atoms with Crippen molar-refractivity contribution in [3.05, 3.63) is 18.0 Å². The Morgan fingerprint density at radius 1 is 1.33 bits per heavy atom. The fraction of sp³-hybridized carbons (Fsp3) is 0.722. The number of hydrogen-bond donors (Lipinski definition) is 2. The molecule has 2 N–H and O–H groups in total. The van der Waals surface area contributed by atoms with Crippen molar-refractivity contribution in [2.45, 2.75) is 44.1 Å². The van der Waals surface area contributed by atoms with Crippen molar-refractivity contribution < 1.29 is 32.6 Å². The van der Waals surface area contributed by atoms with Gasteiger partial charge < -0.3 is 20.1 Å². The zero-order chi connectivity index (χ0) is 22.3. The number of carbonyl (C=O) groups excluding carboxylic acids is 1. The van der Waals surface area contributed by atoms with Crippen molar-refractivity contribution in [3.8, 4) is 0 Å². The molecule has 2 aliphatic heterocycles. The number of rotatable bonds is 4. The topological polar surface area (TPSA) is 99.9 Å². The van der Waals surface area contributed by atoms with Crippen molar-refractivity contribution in [2.75, 3.05) is 40.4 Å². The Balaban J connectivity index is 0.000000396. The van der Waals surface area contributed by atoms with Gasteiger partial charge in [0.15, 0.2) is 0 Å². The number of nitrogens with one attached hydrogen (secondary N) is 1. The quantitative estimate of drug-likeness (QED) is 0.747. The average Bonchev–Trinajstić information content (AvgIpc) is 3.17. The van der Waals surface area contributed by atoms with E-state index in [4.69, 9.17) is 14.6 Å². The van der Waals surface area contributed by atoms with Gasteiger partial charge in [0.05, 0.1) is 11.7 Å². The highest BCUT2D eigenvalue weighted by molar-refractivity contribution is 5.73. The summed E-state index contributed by atoms with van der Waals surface area (Å²) in [6, 6.07) is 2.99. The third kappa shape index (κ3) is 6.87. The Morgan fingerprint density at radius 2 is 1.97 bits per heavy atom. The number of hydrogen-bond acceptors (Lipinski definition) is 5. The fourth-order valence-corrected chi connectivity index (χ4v) is 3.46. The predicted octanol–water partition coefficient (Wildman–Crippen LogP) is 1.71. The lowest BCUT2D eigenvalue weighted by molar-refractivity contribution is -0.192. The number of ether oxygens (including phenoxy) is 1. The van der Waals surface area contributed by atoms with Crippen molar-refractivity contribution in [3.63, 3.8) is 0 Å². The van der Waals surface area contributed by atoms with E-state index in [1.807, 2.05) is 6.20 Å². The molecule has 3 heterocycles. The zero-order valence-corrected chi connectivity index (χ0v) is 17.1. The molecule has 2 aliphatic rings. The summed E-state index contributed by atoms with van der Waals surface area (Å²) in [5, 5.41) is 14.6. The second-order valence-electron chi connectivity index (χ2n) is 7.41. The Morgan fingerprint density at radius 3 is 2.53 bits per heavy atom. The standard InChI is InChI=1S/C16H27N5O2.C2HF3O2/c1-19(2)16(22)17-7-3-14-11-20(13-5-9-23-10-6-13)12-15-4-8-18-21(14)15;3-2(4,5)1(6)7/h4,8,13-14H,3,5-7,9-12H2,1-2H3,(H,17,22);(H,6,7). The molecule has 0 bridgehead atoms. The van der Waals surface area contributed by atoms with E-state index in [9.17, 15) is 18.0 Å². The normalized spacial score (nSPS) is 20.0. The minimum atomic E-state index is -5.08. The van der Waals surface area contributed by atoms with E-state index in [-0.39, 0.29) is 6.03 Å². The Labute approximate surface area is 172 Å². The first kappa shape index (κ1) is 23.9. The average molecular weight is 435 g/mol. The molecule has 0 radical (unpaired) electrons. The molecule has 1 aromatic heterocycles. The number of amides is 2. The van der Waals surface area contributed by atoms with Crippen LogP contribution in [0.15, 0.2) is 12.3 Å². The van der Waals surface area contributed by atoms with Crippen LogP contribution in [0.2, 0.25) is 0 Å². The van der Waals surface area contributed by atoms with E-state index in [0.29, 0.717) is 18.6 Å². The fourth-order valence-electron chi connectivity index (χ4n) is 3.46. The number of halogens is 3. The molecule has 0 aromatic carbocycles. The molecule has 2 amide bonds. The number of carboxylic acid groups (broad SMARTS) is 1. The molecule has 0 saturated carbocycles. The van der Waals surface area contributed by atoms with Crippen molar-refractivity contribution in [2.24, 2.45) is 0 Å². The van der Waals surface area contributed by atoms with Gasteiger partial charge in [0, 0.05) is 59.2 Å². The van der Waals surface area contributed by atoms with Gasteiger partial charge in [-0.2, -0.15) is 18.3 Å². The molecule has 1 saturated heterocycles. The van der Waals surface area contributed by atoms with E-state index in [1.54, 1.807) is 19.0 Å². The second-order valence-corrected chi connectivity index (χ2v) is 7.41. The molecule has 3 rings (SSSR count). The first-order valence-electron chi connectivity index (χ1n) is 9.69. The molecule has 0 aliphatic carbocycles. The maximum absolute atomic E-state index is 11.7. The molecule has 9 nitrogen and oxygen atoms in total. The summed E-state index contributed by atoms with van der Waals surface area (Å²) in [6.07, 6.45) is -0.0847. The number of urea groups is 1. The monoisotopic (exact) mass is 435 g/mol. The number of nitrogens with zero attached hydrogens (tertiary/aromatic N) is 4. The maximum Gasteiger partial charge on any atom is 0.490 e.